The second-order valence-corrected chi connectivity index (χ2v) is 29.8. The molecule has 0 aliphatic carbocycles. The molecule has 5 nitrogen and oxygen atoms in total. The molecule has 0 saturated heterocycles. The molecule has 15 rings (SSSR count). The van der Waals surface area contributed by atoms with Gasteiger partial charge in [-0.05, 0) is 233 Å². The van der Waals surface area contributed by atoms with Gasteiger partial charge in [-0.25, -0.2) is 0 Å². The Morgan fingerprint density at radius 2 is 0.486 bits per heavy atom. The molecule has 2 N–H and O–H groups in total. The maximum absolute atomic E-state index is 16.3. The Bertz CT molecular complexity index is 4620. The molecule has 0 fully saturated rings. The lowest BCUT2D eigenvalue weighted by Gasteiger charge is -2.42. The Morgan fingerprint density at radius 1 is 0.275 bits per heavy atom. The maximum atomic E-state index is 16.3. The van der Waals surface area contributed by atoms with Crippen molar-refractivity contribution in [2.75, 3.05) is 27.3 Å². The zero-order valence-corrected chi connectivity index (χ0v) is 63.8. The topological polar surface area (TPSA) is 58.9 Å². The normalized spacial score (nSPS) is 12.6. The van der Waals surface area contributed by atoms with Gasteiger partial charge in [0.05, 0.1) is 27.3 Å². The number of aryl methyl sites for hydroxylation is 2. The molecule has 14 aromatic rings. The van der Waals surface area contributed by atoms with Gasteiger partial charge < -0.3 is 24.2 Å². The molecule has 542 valence electrons. The summed E-state index contributed by atoms with van der Waals surface area (Å²) in [6.07, 6.45) is 6.64. The molecular formula is C104H98NO4+. The van der Waals surface area contributed by atoms with E-state index in [9.17, 15) is 0 Å². The first-order valence-electron chi connectivity index (χ1n) is 39.3. The van der Waals surface area contributed by atoms with Crippen LogP contribution in [-0.4, -0.2) is 42.0 Å². The Labute approximate surface area is 645 Å². The molecule has 1 aliphatic heterocycles. The molecule has 0 saturated carbocycles. The third kappa shape index (κ3) is 14.7. The van der Waals surface area contributed by atoms with E-state index in [2.05, 4.69) is 355 Å². The SMILES string of the molecule is CCCC[N+]1(CCCC)Cc2c(C(O)(c3cc(-c4ccccc4)cc(-c4ccccc4)c3)c3cc(-c4ccccc4)cc(-c4ccccc4)c3)cc(CCC)c(OC)c2-c2c(c(C(O)(c3cc(-c4ccccc4)cc(-c4ccccc4)c3)c3cc(-c4ccccc4)cc(-c4ccccc4)c3)cc(CCC)c2OC)C1. The molecule has 1 heterocycles. The fraction of sp³-hybridized carbons (Fsp3) is 0.192. The van der Waals surface area contributed by atoms with Crippen LogP contribution in [0.15, 0.2) is 328 Å². The van der Waals surface area contributed by atoms with E-state index < -0.39 is 11.2 Å². The summed E-state index contributed by atoms with van der Waals surface area (Å²) in [5, 5.41) is 32.6. The lowest BCUT2D eigenvalue weighted by molar-refractivity contribution is -0.953. The van der Waals surface area contributed by atoms with Crippen molar-refractivity contribution in [3.05, 3.63) is 383 Å². The van der Waals surface area contributed by atoms with E-state index in [1.807, 2.05) is 14.2 Å². The number of fused-ring (bicyclic) bond motifs is 3. The number of nitrogens with zero attached hydrogens (tertiary/aromatic N) is 1. The second-order valence-electron chi connectivity index (χ2n) is 29.8. The Balaban J connectivity index is 1.15. The predicted octanol–water partition coefficient (Wildman–Crippen LogP) is 25.6. The van der Waals surface area contributed by atoms with Crippen molar-refractivity contribution in [3.8, 4) is 112 Å². The summed E-state index contributed by atoms with van der Waals surface area (Å²) in [6.45, 7) is 11.8. The smallest absolute Gasteiger partial charge is 0.141 e. The summed E-state index contributed by atoms with van der Waals surface area (Å²) < 4.78 is 15.2. The fourth-order valence-electron chi connectivity index (χ4n) is 17.2. The highest BCUT2D eigenvalue weighted by atomic mass is 16.5. The molecule has 0 aromatic heterocycles. The van der Waals surface area contributed by atoms with Gasteiger partial charge in [0.15, 0.2) is 0 Å². The molecule has 1 aliphatic rings. The van der Waals surface area contributed by atoms with Crippen LogP contribution in [0.1, 0.15) is 122 Å². The zero-order valence-electron chi connectivity index (χ0n) is 63.8. The summed E-state index contributed by atoms with van der Waals surface area (Å²) in [7, 11) is 3.68. The third-order valence-electron chi connectivity index (χ3n) is 22.6. The summed E-state index contributed by atoms with van der Waals surface area (Å²) >= 11 is 0. The van der Waals surface area contributed by atoms with Gasteiger partial charge in [0, 0.05) is 33.4 Å². The van der Waals surface area contributed by atoms with E-state index in [4.69, 9.17) is 9.47 Å². The van der Waals surface area contributed by atoms with Crippen molar-refractivity contribution in [1.82, 2.24) is 0 Å². The van der Waals surface area contributed by atoms with Gasteiger partial charge in [-0.1, -0.05) is 296 Å². The minimum absolute atomic E-state index is 0.520. The van der Waals surface area contributed by atoms with Crippen LogP contribution in [0, 0.1) is 0 Å². The maximum Gasteiger partial charge on any atom is 0.141 e. The summed E-state index contributed by atoms with van der Waals surface area (Å²) in [4.78, 5) is 0. The largest absolute Gasteiger partial charge is 0.496 e. The average molecular weight is 1430 g/mol. The first kappa shape index (κ1) is 73.1. The highest BCUT2D eigenvalue weighted by molar-refractivity contribution is 5.89. The van der Waals surface area contributed by atoms with Gasteiger partial charge in [-0.2, -0.15) is 0 Å². The molecular weight excluding hydrogens is 1330 g/mol. The molecule has 0 radical (unpaired) electrons. The fourth-order valence-corrected chi connectivity index (χ4v) is 17.2. The van der Waals surface area contributed by atoms with E-state index in [-0.39, 0.29) is 0 Å². The molecule has 0 atom stereocenters. The van der Waals surface area contributed by atoms with Crippen LogP contribution in [0.4, 0.5) is 0 Å². The van der Waals surface area contributed by atoms with Crippen LogP contribution < -0.4 is 9.47 Å². The second kappa shape index (κ2) is 32.6. The molecule has 14 aromatic carbocycles. The van der Waals surface area contributed by atoms with Gasteiger partial charge in [0.25, 0.3) is 0 Å². The first-order chi connectivity index (χ1) is 53.5. The molecule has 0 unspecified atom stereocenters. The van der Waals surface area contributed by atoms with Gasteiger partial charge >= 0.3 is 0 Å². The number of quaternary nitrogens is 1. The van der Waals surface area contributed by atoms with Crippen molar-refractivity contribution in [2.45, 2.75) is 103 Å². The molecule has 0 spiro atoms. The quantitative estimate of drug-likeness (QED) is 0.0419. The Kier molecular flexibility index (Phi) is 21.8. The number of methoxy groups -OCH3 is 2. The van der Waals surface area contributed by atoms with Crippen molar-refractivity contribution in [2.24, 2.45) is 0 Å². The van der Waals surface area contributed by atoms with Gasteiger partial charge in [-0.15, -0.1) is 0 Å². The number of benzene rings is 14. The predicted molar refractivity (Wildman–Crippen MR) is 454 cm³/mol. The van der Waals surface area contributed by atoms with E-state index in [0.717, 1.165) is 219 Å². The molecule has 109 heavy (non-hydrogen) atoms. The highest BCUT2D eigenvalue weighted by Gasteiger charge is 2.48. The van der Waals surface area contributed by atoms with Crippen LogP contribution in [0.5, 0.6) is 11.5 Å². The molecule has 0 bridgehead atoms. The summed E-state index contributed by atoms with van der Waals surface area (Å²) in [5.41, 5.74) is 22.6. The molecule has 5 heteroatoms. The van der Waals surface area contributed by atoms with Crippen molar-refractivity contribution >= 4 is 0 Å². The first-order valence-corrected chi connectivity index (χ1v) is 39.3. The van der Waals surface area contributed by atoms with Gasteiger partial charge in [-0.3, -0.25) is 0 Å². The number of rotatable bonds is 26. The minimum Gasteiger partial charge on any atom is -0.496 e. The van der Waals surface area contributed by atoms with Crippen LogP contribution in [0.3, 0.4) is 0 Å². The van der Waals surface area contributed by atoms with Crippen molar-refractivity contribution < 1.29 is 24.2 Å². The summed E-state index contributed by atoms with van der Waals surface area (Å²) in [6, 6.07) is 117. The van der Waals surface area contributed by atoms with E-state index >= 15 is 10.2 Å². The monoisotopic (exact) mass is 1420 g/mol. The van der Waals surface area contributed by atoms with E-state index in [0.29, 0.717) is 30.4 Å². The number of hydrogen-bond acceptors (Lipinski definition) is 4. The van der Waals surface area contributed by atoms with Gasteiger partial charge in [0.2, 0.25) is 0 Å². The Hall–Kier alpha value is -11.4. The van der Waals surface area contributed by atoms with Gasteiger partial charge in [0.1, 0.15) is 35.8 Å². The summed E-state index contributed by atoms with van der Waals surface area (Å²) in [5.74, 6) is 1.50. The minimum atomic E-state index is -1.90. The lowest BCUT2D eigenvalue weighted by Crippen LogP contribution is -2.48. The van der Waals surface area contributed by atoms with Crippen LogP contribution in [0.25, 0.3) is 100 Å². The van der Waals surface area contributed by atoms with Crippen molar-refractivity contribution in [1.29, 1.82) is 0 Å². The highest BCUT2D eigenvalue weighted by Crippen LogP contribution is 2.58. The number of hydrogen-bond donors (Lipinski definition) is 2. The van der Waals surface area contributed by atoms with Crippen LogP contribution in [-0.2, 0) is 37.1 Å². The average Bonchev–Trinajstić information content (AvgIpc) is 1.69. The Morgan fingerprint density at radius 3 is 0.670 bits per heavy atom. The van der Waals surface area contributed by atoms with Crippen molar-refractivity contribution in [3.63, 3.8) is 0 Å². The van der Waals surface area contributed by atoms with E-state index in [1.54, 1.807) is 0 Å². The standard InChI is InChI=1S/C104H98NO4/c1-7-11-55-105(56-12-8-2)71-95-97(103(106,91-61-83(73-39-21-13-22-40-73)57-84(62-91)74-41-23-14-24-42-74)92-63-85(75-43-25-15-26-44-75)58-86(64-92)76-45-27-16-28-46-76)69-81(37-9-3)101(108-5)99(95)100-96(72-105)98(70-82(38-10-4)102(100)109-6)104(107,93-65-87(77-47-29-17-30-48-77)59-88(66-93)78-49-31-18-32-50-78)94-67-89(79-51-33-19-34-52-79)60-90(68-94)80-53-35-20-36-54-80/h13-36,39-54,57-70,106-107H,7-12,37-38,55-56,71-72H2,1-6H3/q+1. The molecule has 0 amide bonds. The van der Waals surface area contributed by atoms with Crippen LogP contribution in [0.2, 0.25) is 0 Å². The van der Waals surface area contributed by atoms with Crippen LogP contribution >= 0.6 is 0 Å². The number of ether oxygens (including phenoxy) is 2. The third-order valence-corrected chi connectivity index (χ3v) is 22.6. The number of unbranched alkanes of at least 4 members (excludes halogenated alkanes) is 2. The lowest BCUT2D eigenvalue weighted by atomic mass is 9.71. The zero-order chi connectivity index (χ0) is 74.9. The van der Waals surface area contributed by atoms with E-state index in [1.165, 1.54) is 0 Å². The number of aliphatic hydroxyl groups is 2.